The molecule has 9 nitrogen and oxygen atoms in total. The van der Waals surface area contributed by atoms with Crippen LogP contribution in [0.15, 0.2) is 5.10 Å². The molecule has 2 amide bonds. The van der Waals surface area contributed by atoms with Crippen molar-refractivity contribution in [3.8, 4) is 0 Å². The number of likely N-dealkylation sites (tertiary alicyclic amines) is 2. The smallest absolute Gasteiger partial charge is 0.409 e. The summed E-state index contributed by atoms with van der Waals surface area (Å²) in [6.07, 6.45) is 6.69. The topological polar surface area (TPSA) is 123 Å². The third-order valence-electron chi connectivity index (χ3n) is 7.99. The number of carbonyl (C=O) groups excluding carboxylic acids is 2. The van der Waals surface area contributed by atoms with E-state index in [1.165, 1.54) is 12.8 Å². The van der Waals surface area contributed by atoms with E-state index in [2.05, 4.69) is 18.9 Å². The lowest BCUT2D eigenvalue weighted by Gasteiger charge is -2.33. The fraction of sp³-hybridized carbons (Fsp3) is 0.875. The minimum absolute atomic E-state index is 0.0801. The molecule has 0 aromatic rings. The van der Waals surface area contributed by atoms with Crippen molar-refractivity contribution in [2.75, 3.05) is 32.8 Å². The number of hydrazone groups is 1. The molecule has 4 rings (SSSR count). The molecule has 33 heavy (non-hydrogen) atoms. The van der Waals surface area contributed by atoms with Crippen molar-refractivity contribution in [3.63, 3.8) is 0 Å². The van der Waals surface area contributed by atoms with E-state index in [1.54, 1.807) is 0 Å². The van der Waals surface area contributed by atoms with Crippen molar-refractivity contribution < 1.29 is 19.1 Å². The molecule has 0 aromatic heterocycles. The van der Waals surface area contributed by atoms with Crippen LogP contribution in [0.25, 0.3) is 0 Å². The van der Waals surface area contributed by atoms with Gasteiger partial charge in [-0.3, -0.25) is 4.79 Å². The summed E-state index contributed by atoms with van der Waals surface area (Å²) in [5, 5.41) is 3.80. The predicted molar refractivity (Wildman–Crippen MR) is 125 cm³/mol. The summed E-state index contributed by atoms with van der Waals surface area (Å²) < 4.78 is 11.8. The maximum atomic E-state index is 13.1. The number of fused-ring (bicyclic) bond motifs is 1. The van der Waals surface area contributed by atoms with Crippen LogP contribution in [-0.4, -0.2) is 78.5 Å². The Morgan fingerprint density at radius 3 is 2.36 bits per heavy atom. The molecule has 2 aliphatic carbocycles. The molecule has 0 aromatic carbocycles. The molecule has 0 radical (unpaired) electrons. The van der Waals surface area contributed by atoms with Gasteiger partial charge < -0.3 is 30.8 Å². The second-order valence-corrected chi connectivity index (χ2v) is 10.7. The number of ether oxygens (including phenoxy) is 2. The van der Waals surface area contributed by atoms with Crippen LogP contribution >= 0.6 is 0 Å². The second kappa shape index (κ2) is 10.6. The lowest BCUT2D eigenvalue weighted by Crippen LogP contribution is -2.44. The standard InChI is InChI=1S/C24H41N5O4/c1-15(2)33-22-6-4-3-5-17(22)14-32-24(31)29-12-18-10-28(11-19(18)13-29)23(30)16-7-8-20(25)21(9-16)27-26/h15-20,22H,3-14,25-26H2,1-2H3/b27-21+. The Morgan fingerprint density at radius 1 is 1.03 bits per heavy atom. The van der Waals surface area contributed by atoms with Crippen molar-refractivity contribution in [1.29, 1.82) is 0 Å². The Morgan fingerprint density at radius 2 is 1.70 bits per heavy atom. The number of nitrogens with two attached hydrogens (primary N) is 2. The summed E-state index contributed by atoms with van der Waals surface area (Å²) >= 11 is 0. The normalized spacial score (nSPS) is 35.8. The molecule has 4 N–H and O–H groups in total. The molecule has 4 fully saturated rings. The lowest BCUT2D eigenvalue weighted by atomic mass is 9.84. The fourth-order valence-electron chi connectivity index (χ4n) is 6.16. The Bertz CT molecular complexity index is 730. The second-order valence-electron chi connectivity index (χ2n) is 10.7. The van der Waals surface area contributed by atoms with Gasteiger partial charge in [0.25, 0.3) is 0 Å². The first-order chi connectivity index (χ1) is 15.9. The van der Waals surface area contributed by atoms with E-state index in [4.69, 9.17) is 21.1 Å². The van der Waals surface area contributed by atoms with E-state index >= 15 is 0 Å². The van der Waals surface area contributed by atoms with Gasteiger partial charge in [-0.25, -0.2) is 4.79 Å². The van der Waals surface area contributed by atoms with Gasteiger partial charge in [0, 0.05) is 62.3 Å². The summed E-state index contributed by atoms with van der Waals surface area (Å²) in [5.74, 6) is 6.48. The van der Waals surface area contributed by atoms with Crippen molar-refractivity contribution in [2.24, 2.45) is 40.3 Å². The zero-order chi connectivity index (χ0) is 23.5. The zero-order valence-corrected chi connectivity index (χ0v) is 20.2. The van der Waals surface area contributed by atoms with Gasteiger partial charge in [0.2, 0.25) is 5.91 Å². The predicted octanol–water partition coefficient (Wildman–Crippen LogP) is 1.94. The van der Waals surface area contributed by atoms with Crippen LogP contribution in [0, 0.1) is 23.7 Å². The van der Waals surface area contributed by atoms with Gasteiger partial charge in [-0.1, -0.05) is 12.8 Å². The molecular formula is C24H41N5O4. The molecule has 6 unspecified atom stereocenters. The SMILES string of the molecule is CC(C)OC1CCCCC1COC(=O)N1CC2CN(C(=O)C3CCC(N)/C(=N/N)C3)CC2C1. The zero-order valence-electron chi connectivity index (χ0n) is 20.2. The average molecular weight is 464 g/mol. The molecule has 6 atom stereocenters. The average Bonchev–Trinajstić information content (AvgIpc) is 3.37. The monoisotopic (exact) mass is 463 g/mol. The van der Waals surface area contributed by atoms with Gasteiger partial charge in [0.05, 0.1) is 24.5 Å². The van der Waals surface area contributed by atoms with E-state index in [0.29, 0.717) is 51.0 Å². The highest BCUT2D eigenvalue weighted by atomic mass is 16.6. The Kier molecular flexibility index (Phi) is 7.79. The van der Waals surface area contributed by atoms with Gasteiger partial charge in [0.15, 0.2) is 0 Å². The molecule has 9 heteroatoms. The molecule has 186 valence electrons. The third kappa shape index (κ3) is 5.62. The highest BCUT2D eigenvalue weighted by molar-refractivity contribution is 5.94. The third-order valence-corrected chi connectivity index (χ3v) is 7.99. The number of carbonyl (C=O) groups is 2. The van der Waals surface area contributed by atoms with Gasteiger partial charge >= 0.3 is 6.09 Å². The van der Waals surface area contributed by atoms with Gasteiger partial charge in [0.1, 0.15) is 0 Å². The van der Waals surface area contributed by atoms with E-state index in [-0.39, 0.29) is 42.1 Å². The summed E-state index contributed by atoms with van der Waals surface area (Å²) in [6, 6.07) is -0.127. The molecule has 4 aliphatic rings. The van der Waals surface area contributed by atoms with Crippen LogP contribution in [0.1, 0.15) is 58.8 Å². The maximum Gasteiger partial charge on any atom is 0.409 e. The molecule has 2 saturated carbocycles. The van der Waals surface area contributed by atoms with E-state index in [1.807, 2.05) is 9.80 Å². The number of hydrogen-bond donors (Lipinski definition) is 2. The molecule has 2 heterocycles. The quantitative estimate of drug-likeness (QED) is 0.474. The number of hydrogen-bond acceptors (Lipinski definition) is 7. The van der Waals surface area contributed by atoms with Crippen LogP contribution < -0.4 is 11.6 Å². The van der Waals surface area contributed by atoms with Crippen molar-refractivity contribution >= 4 is 17.7 Å². The molecule has 0 spiro atoms. The minimum Gasteiger partial charge on any atom is -0.449 e. The van der Waals surface area contributed by atoms with Crippen LogP contribution in [0.4, 0.5) is 4.79 Å². The molecule has 0 bridgehead atoms. The minimum atomic E-state index is -0.221. The van der Waals surface area contributed by atoms with Crippen molar-refractivity contribution in [2.45, 2.75) is 77.0 Å². The number of rotatable bonds is 5. The number of nitrogens with zero attached hydrogens (tertiary/aromatic N) is 3. The Hall–Kier alpha value is -1.87. The molecule has 2 saturated heterocycles. The molecule has 2 aliphatic heterocycles. The highest BCUT2D eigenvalue weighted by Crippen LogP contribution is 2.34. The first-order valence-corrected chi connectivity index (χ1v) is 12.7. The van der Waals surface area contributed by atoms with Gasteiger partial charge in [-0.05, 0) is 39.5 Å². The fourth-order valence-corrected chi connectivity index (χ4v) is 6.16. The Labute approximate surface area is 197 Å². The molecular weight excluding hydrogens is 422 g/mol. The van der Waals surface area contributed by atoms with Crippen LogP contribution in [-0.2, 0) is 14.3 Å². The summed E-state index contributed by atoms with van der Waals surface area (Å²) in [6.45, 7) is 7.28. The Balaban J connectivity index is 1.23. The van der Waals surface area contributed by atoms with Crippen LogP contribution in [0.3, 0.4) is 0 Å². The largest absolute Gasteiger partial charge is 0.449 e. The summed E-state index contributed by atoms with van der Waals surface area (Å²) in [5.41, 5.74) is 6.78. The van der Waals surface area contributed by atoms with E-state index in [9.17, 15) is 9.59 Å². The summed E-state index contributed by atoms with van der Waals surface area (Å²) in [7, 11) is 0. The van der Waals surface area contributed by atoms with Crippen LogP contribution in [0.5, 0.6) is 0 Å². The van der Waals surface area contributed by atoms with E-state index < -0.39 is 0 Å². The first kappa shape index (κ1) is 24.3. The maximum absolute atomic E-state index is 13.1. The highest BCUT2D eigenvalue weighted by Gasteiger charge is 2.45. The van der Waals surface area contributed by atoms with Gasteiger partial charge in [-0.2, -0.15) is 5.10 Å². The lowest BCUT2D eigenvalue weighted by molar-refractivity contribution is -0.135. The summed E-state index contributed by atoms with van der Waals surface area (Å²) in [4.78, 5) is 29.6. The van der Waals surface area contributed by atoms with E-state index in [0.717, 1.165) is 31.4 Å². The van der Waals surface area contributed by atoms with Crippen LogP contribution in [0.2, 0.25) is 0 Å². The number of amides is 2. The van der Waals surface area contributed by atoms with Crippen molar-refractivity contribution in [1.82, 2.24) is 9.80 Å². The van der Waals surface area contributed by atoms with Gasteiger partial charge in [-0.15, -0.1) is 0 Å². The van der Waals surface area contributed by atoms with Crippen molar-refractivity contribution in [3.05, 3.63) is 0 Å². The first-order valence-electron chi connectivity index (χ1n) is 12.7.